The van der Waals surface area contributed by atoms with E-state index >= 15 is 0 Å². The molecule has 1 heterocycles. The van der Waals surface area contributed by atoms with Crippen LogP contribution in [0.5, 0.6) is 0 Å². The highest BCUT2D eigenvalue weighted by Crippen LogP contribution is 2.15. The van der Waals surface area contributed by atoms with E-state index in [0.717, 1.165) is 0 Å². The Hall–Kier alpha value is -0.920. The van der Waals surface area contributed by atoms with Crippen LogP contribution in [0.25, 0.3) is 0 Å². The predicted molar refractivity (Wildman–Crippen MR) is 48.0 cm³/mol. The molecule has 0 bridgehead atoms. The van der Waals surface area contributed by atoms with Gasteiger partial charge in [-0.2, -0.15) is 0 Å². The fourth-order valence-corrected chi connectivity index (χ4v) is 0.964. The zero-order valence-electron chi connectivity index (χ0n) is 5.32. The van der Waals surface area contributed by atoms with E-state index in [-0.39, 0.29) is 5.82 Å². The van der Waals surface area contributed by atoms with Crippen molar-refractivity contribution in [3.05, 3.63) is 25.9 Å². The van der Waals surface area contributed by atoms with Crippen LogP contribution >= 0.6 is 22.6 Å². The minimum absolute atomic E-state index is 0.177. The minimum atomic E-state index is -0.554. The Morgan fingerprint density at radius 2 is 2.27 bits per heavy atom. The molecule has 11 heavy (non-hydrogen) atoms. The van der Waals surface area contributed by atoms with Gasteiger partial charge in [0.25, 0.3) is 0 Å². The van der Waals surface area contributed by atoms with Crippen molar-refractivity contribution >= 4 is 34.1 Å². The lowest BCUT2D eigenvalue weighted by Crippen LogP contribution is -1.97. The number of pyridine rings is 1. The summed E-state index contributed by atoms with van der Waals surface area (Å²) >= 11 is 1.84. The molecule has 0 fully saturated rings. The molecule has 0 atom stereocenters. The fraction of sp³-hybridized carbons (Fsp3) is 0. The summed E-state index contributed by atoms with van der Waals surface area (Å²) < 4.78 is 0.455. The van der Waals surface area contributed by atoms with E-state index in [9.17, 15) is 10.1 Å². The van der Waals surface area contributed by atoms with Gasteiger partial charge in [-0.05, 0) is 16.0 Å². The first-order valence-corrected chi connectivity index (χ1v) is 3.75. The maximum atomic E-state index is 10.2. The van der Waals surface area contributed by atoms with Gasteiger partial charge in [-0.15, -0.1) is 0 Å². The maximum absolute atomic E-state index is 10.2. The van der Waals surface area contributed by atoms with Gasteiger partial charge in [-0.1, -0.05) is 0 Å². The molecule has 0 radical (unpaired) electrons. The van der Waals surface area contributed by atoms with Crippen LogP contribution in [0.3, 0.4) is 0 Å². The van der Waals surface area contributed by atoms with E-state index in [4.69, 9.17) is 5.73 Å². The molecule has 0 saturated carbocycles. The molecule has 1 aromatic rings. The lowest BCUT2D eigenvalue weighted by molar-refractivity contribution is -0.389. The molecule has 1 aromatic heterocycles. The summed E-state index contributed by atoms with van der Waals surface area (Å²) in [6, 6.07) is 2.74. The van der Waals surface area contributed by atoms with E-state index in [1.165, 1.54) is 12.1 Å². The number of anilines is 1. The summed E-state index contributed by atoms with van der Waals surface area (Å²) in [7, 11) is 0. The number of nitrogen functional groups attached to an aromatic ring is 1. The van der Waals surface area contributed by atoms with Gasteiger partial charge in [0.2, 0.25) is 3.70 Å². The van der Waals surface area contributed by atoms with Gasteiger partial charge in [-0.3, -0.25) is 0 Å². The molecule has 6 heteroatoms. The number of rotatable bonds is 1. The zero-order valence-corrected chi connectivity index (χ0v) is 7.48. The molecule has 2 N–H and O–H groups in total. The number of halogens is 1. The molecule has 0 amide bonds. The van der Waals surface area contributed by atoms with Crippen LogP contribution < -0.4 is 5.73 Å². The molecule has 0 spiro atoms. The standard InChI is InChI=1S/C5H4IN3O2/c6-5-3(7)1-2-4(8-5)9(10)11/h1-2H,7H2. The molecule has 0 aliphatic rings. The average Bonchev–Trinajstić information content (AvgIpc) is 1.94. The second-order valence-electron chi connectivity index (χ2n) is 1.81. The predicted octanol–water partition coefficient (Wildman–Crippen LogP) is 1.18. The highest BCUT2D eigenvalue weighted by atomic mass is 127. The summed E-state index contributed by atoms with van der Waals surface area (Å²) in [5.41, 5.74) is 5.85. The summed E-state index contributed by atoms with van der Waals surface area (Å²) in [4.78, 5) is 13.2. The van der Waals surface area contributed by atoms with Crippen molar-refractivity contribution in [3.8, 4) is 0 Å². The van der Waals surface area contributed by atoms with Crippen LogP contribution in [0.15, 0.2) is 12.1 Å². The Morgan fingerprint density at radius 1 is 1.64 bits per heavy atom. The number of hydrogen-bond donors (Lipinski definition) is 1. The lowest BCUT2D eigenvalue weighted by Gasteiger charge is -1.93. The lowest BCUT2D eigenvalue weighted by atomic mass is 10.4. The highest BCUT2D eigenvalue weighted by Gasteiger charge is 2.09. The summed E-state index contributed by atoms with van der Waals surface area (Å²) in [6.45, 7) is 0. The zero-order chi connectivity index (χ0) is 8.43. The number of nitrogens with two attached hydrogens (primary N) is 1. The highest BCUT2D eigenvalue weighted by molar-refractivity contribution is 14.1. The van der Waals surface area contributed by atoms with Crippen LogP contribution in [0, 0.1) is 13.8 Å². The first-order chi connectivity index (χ1) is 5.11. The fourth-order valence-electron chi connectivity index (χ4n) is 0.537. The third kappa shape index (κ3) is 1.76. The van der Waals surface area contributed by atoms with Crippen molar-refractivity contribution in [2.75, 3.05) is 5.73 Å². The van der Waals surface area contributed by atoms with E-state index in [1.807, 2.05) is 22.6 Å². The van der Waals surface area contributed by atoms with E-state index < -0.39 is 4.92 Å². The van der Waals surface area contributed by atoms with Gasteiger partial charge >= 0.3 is 5.82 Å². The molecule has 0 unspecified atom stereocenters. The third-order valence-corrected chi connectivity index (χ3v) is 1.91. The second kappa shape index (κ2) is 2.99. The van der Waals surface area contributed by atoms with Crippen LogP contribution in [0.4, 0.5) is 11.5 Å². The van der Waals surface area contributed by atoms with Gasteiger partial charge < -0.3 is 15.8 Å². The van der Waals surface area contributed by atoms with Crippen molar-refractivity contribution in [2.45, 2.75) is 0 Å². The van der Waals surface area contributed by atoms with Crippen LogP contribution in [0.1, 0.15) is 0 Å². The summed E-state index contributed by atoms with van der Waals surface area (Å²) in [5, 5.41) is 10.2. The molecule has 1 rings (SSSR count). The second-order valence-corrected chi connectivity index (χ2v) is 2.83. The van der Waals surface area contributed by atoms with Crippen molar-refractivity contribution in [2.24, 2.45) is 0 Å². The van der Waals surface area contributed by atoms with E-state index in [1.54, 1.807) is 0 Å². The van der Waals surface area contributed by atoms with Crippen LogP contribution in [-0.2, 0) is 0 Å². The number of aromatic nitrogens is 1. The Balaban J connectivity index is 3.15. The first kappa shape index (κ1) is 8.18. The SMILES string of the molecule is Nc1ccc([N+](=O)[O-])nc1I. The Kier molecular flexibility index (Phi) is 2.22. The number of hydrogen-bond acceptors (Lipinski definition) is 4. The van der Waals surface area contributed by atoms with Crippen molar-refractivity contribution in [1.29, 1.82) is 0 Å². The monoisotopic (exact) mass is 265 g/mol. The summed E-state index contributed by atoms with van der Waals surface area (Å²) in [6.07, 6.45) is 0. The number of nitro groups is 1. The molecular weight excluding hydrogens is 261 g/mol. The van der Waals surface area contributed by atoms with Crippen LogP contribution in [0.2, 0.25) is 0 Å². The van der Waals surface area contributed by atoms with Gasteiger partial charge in [0.05, 0.1) is 5.69 Å². The van der Waals surface area contributed by atoms with Crippen molar-refractivity contribution in [3.63, 3.8) is 0 Å². The maximum Gasteiger partial charge on any atom is 0.364 e. The van der Waals surface area contributed by atoms with Crippen molar-refractivity contribution < 1.29 is 4.92 Å². The smallest absolute Gasteiger partial charge is 0.364 e. The summed E-state index contributed by atoms with van der Waals surface area (Å²) in [5.74, 6) is -0.177. The van der Waals surface area contributed by atoms with Gasteiger partial charge in [-0.25, -0.2) is 0 Å². The Bertz CT molecular complexity index is 302. The molecule has 0 aliphatic carbocycles. The van der Waals surface area contributed by atoms with Crippen LogP contribution in [-0.4, -0.2) is 9.91 Å². The number of nitrogens with zero attached hydrogens (tertiary/aromatic N) is 2. The van der Waals surface area contributed by atoms with E-state index in [0.29, 0.717) is 9.39 Å². The largest absolute Gasteiger partial charge is 0.395 e. The van der Waals surface area contributed by atoms with E-state index in [2.05, 4.69) is 4.98 Å². The molecule has 0 aliphatic heterocycles. The molecule has 5 nitrogen and oxygen atoms in total. The molecule has 58 valence electrons. The average molecular weight is 265 g/mol. The van der Waals surface area contributed by atoms with Crippen molar-refractivity contribution in [1.82, 2.24) is 4.98 Å². The van der Waals surface area contributed by atoms with Gasteiger partial charge in [0.1, 0.15) is 0 Å². The topological polar surface area (TPSA) is 82.0 Å². The van der Waals surface area contributed by atoms with Gasteiger partial charge in [0.15, 0.2) is 0 Å². The Morgan fingerprint density at radius 3 is 2.73 bits per heavy atom. The quantitative estimate of drug-likeness (QED) is 0.357. The van der Waals surface area contributed by atoms with Gasteiger partial charge in [0, 0.05) is 28.7 Å². The first-order valence-electron chi connectivity index (χ1n) is 2.67. The molecule has 0 saturated heterocycles. The molecule has 0 aromatic carbocycles. The third-order valence-electron chi connectivity index (χ3n) is 1.05. The minimum Gasteiger partial charge on any atom is -0.395 e. The Labute approximate surface area is 75.9 Å². The normalized spacial score (nSPS) is 9.55. The molecular formula is C5H4IN3O2.